The summed E-state index contributed by atoms with van der Waals surface area (Å²) in [5.41, 5.74) is 1.05. The fraction of sp³-hybridized carbons (Fsp3) is 0.0870. The van der Waals surface area contributed by atoms with Crippen LogP contribution in [0.5, 0.6) is 0 Å². The third kappa shape index (κ3) is 4.40. The number of rotatable bonds is 6. The van der Waals surface area contributed by atoms with Crippen molar-refractivity contribution in [2.24, 2.45) is 5.14 Å². The molecule has 0 amide bonds. The monoisotopic (exact) mass is 439 g/mol. The number of nitrogens with two attached hydrogens (primary N) is 1. The van der Waals surface area contributed by atoms with Crippen LogP contribution in [0, 0.1) is 0 Å². The summed E-state index contributed by atoms with van der Waals surface area (Å²) in [6.45, 7) is 0. The van der Waals surface area contributed by atoms with Crippen molar-refractivity contribution in [2.75, 3.05) is 0 Å². The van der Waals surface area contributed by atoms with Crippen molar-refractivity contribution in [1.82, 2.24) is 9.78 Å². The Kier molecular flexibility index (Phi) is 5.43. The maximum atomic E-state index is 15.2. The van der Waals surface area contributed by atoms with Gasteiger partial charge in [0.05, 0.1) is 11.4 Å². The second-order valence-electron chi connectivity index (χ2n) is 7.07. The molecule has 0 aliphatic rings. The van der Waals surface area contributed by atoms with E-state index in [0.29, 0.717) is 16.8 Å². The van der Waals surface area contributed by atoms with Crippen molar-refractivity contribution < 1.29 is 17.2 Å². The van der Waals surface area contributed by atoms with E-state index in [1.165, 1.54) is 28.9 Å². The highest BCUT2D eigenvalue weighted by molar-refractivity contribution is 7.89. The summed E-state index contributed by atoms with van der Waals surface area (Å²) in [7, 11) is -4.10. The minimum atomic E-state index is -4.10. The minimum Gasteiger partial charge on any atom is -0.231 e. The molecule has 0 aliphatic carbocycles. The summed E-state index contributed by atoms with van der Waals surface area (Å²) >= 11 is 0. The fourth-order valence-electron chi connectivity index (χ4n) is 3.37. The van der Waals surface area contributed by atoms with Gasteiger partial charge in [-0.25, -0.2) is 18.2 Å². The van der Waals surface area contributed by atoms with Gasteiger partial charge in [0.15, 0.2) is 0 Å². The molecular formula is C23H19F2N3O2S. The Balaban J connectivity index is 1.89. The van der Waals surface area contributed by atoms with Crippen molar-refractivity contribution >= 4 is 10.0 Å². The van der Waals surface area contributed by atoms with Crippen LogP contribution in [0.15, 0.2) is 95.9 Å². The van der Waals surface area contributed by atoms with Gasteiger partial charge in [0, 0.05) is 12.0 Å². The zero-order valence-corrected chi connectivity index (χ0v) is 17.1. The van der Waals surface area contributed by atoms with Gasteiger partial charge in [0.25, 0.3) is 5.92 Å². The number of nitrogens with zero attached hydrogens (tertiary/aromatic N) is 2. The van der Waals surface area contributed by atoms with Gasteiger partial charge in [0.1, 0.15) is 10.6 Å². The predicted molar refractivity (Wildman–Crippen MR) is 114 cm³/mol. The van der Waals surface area contributed by atoms with Crippen LogP contribution in [-0.4, -0.2) is 18.2 Å². The van der Waals surface area contributed by atoms with Crippen LogP contribution >= 0.6 is 0 Å². The van der Waals surface area contributed by atoms with Crippen molar-refractivity contribution in [3.05, 3.63) is 102 Å². The first-order valence-corrected chi connectivity index (χ1v) is 11.0. The standard InChI is InChI=1S/C23H19F2N3O2S/c24-23(25,16-17-9-3-1-4-10-17)22-15-20(18-11-5-2-6-12-18)28(27-22)19-13-7-8-14-21(19)31(26,29)30/h1-15H,16H2,(H2,26,29,30). The molecule has 3 aromatic carbocycles. The lowest BCUT2D eigenvalue weighted by molar-refractivity contribution is -0.00867. The smallest absolute Gasteiger partial charge is 0.231 e. The first-order chi connectivity index (χ1) is 14.8. The molecule has 0 radical (unpaired) electrons. The van der Waals surface area contributed by atoms with E-state index in [-0.39, 0.29) is 10.6 Å². The molecule has 0 aliphatic heterocycles. The van der Waals surface area contributed by atoms with Crippen LogP contribution < -0.4 is 5.14 Å². The molecule has 0 bridgehead atoms. The minimum absolute atomic E-state index is 0.102. The maximum Gasteiger partial charge on any atom is 0.295 e. The Hall–Kier alpha value is -3.36. The third-order valence-corrected chi connectivity index (χ3v) is 5.78. The molecule has 0 spiro atoms. The average molecular weight is 439 g/mol. The van der Waals surface area contributed by atoms with E-state index in [9.17, 15) is 8.42 Å². The number of benzene rings is 3. The van der Waals surface area contributed by atoms with E-state index in [0.717, 1.165) is 0 Å². The van der Waals surface area contributed by atoms with Gasteiger partial charge < -0.3 is 0 Å². The van der Waals surface area contributed by atoms with Gasteiger partial charge in [0.2, 0.25) is 10.0 Å². The lowest BCUT2D eigenvalue weighted by Gasteiger charge is -2.14. The van der Waals surface area contributed by atoms with Gasteiger partial charge >= 0.3 is 0 Å². The fourth-order valence-corrected chi connectivity index (χ4v) is 4.09. The third-order valence-electron chi connectivity index (χ3n) is 4.82. The van der Waals surface area contributed by atoms with Crippen molar-refractivity contribution in [1.29, 1.82) is 0 Å². The van der Waals surface area contributed by atoms with Gasteiger partial charge in [-0.2, -0.15) is 13.9 Å². The molecule has 5 nitrogen and oxygen atoms in total. The quantitative estimate of drug-likeness (QED) is 0.480. The first-order valence-electron chi connectivity index (χ1n) is 9.46. The van der Waals surface area contributed by atoms with Crippen molar-refractivity contribution in [3.63, 3.8) is 0 Å². The molecule has 8 heteroatoms. The lowest BCUT2D eigenvalue weighted by atomic mass is 10.0. The molecule has 4 rings (SSSR count). The Labute approximate surface area is 178 Å². The molecule has 0 unspecified atom stereocenters. The van der Waals surface area contributed by atoms with E-state index in [4.69, 9.17) is 5.14 Å². The Bertz CT molecular complexity index is 1310. The van der Waals surface area contributed by atoms with Gasteiger partial charge in [-0.3, -0.25) is 0 Å². The molecule has 1 heterocycles. The van der Waals surface area contributed by atoms with Crippen molar-refractivity contribution in [2.45, 2.75) is 17.2 Å². The van der Waals surface area contributed by atoms with E-state index in [2.05, 4.69) is 5.10 Å². The number of halogens is 2. The molecule has 0 saturated carbocycles. The summed E-state index contributed by atoms with van der Waals surface area (Å²) < 4.78 is 55.8. The number of hydrogen-bond acceptors (Lipinski definition) is 3. The van der Waals surface area contributed by atoms with E-state index >= 15 is 8.78 Å². The highest BCUT2D eigenvalue weighted by atomic mass is 32.2. The normalized spacial score (nSPS) is 12.1. The van der Waals surface area contributed by atoms with Crippen LogP contribution in [0.25, 0.3) is 16.9 Å². The Morgan fingerprint density at radius 2 is 1.45 bits per heavy atom. The topological polar surface area (TPSA) is 78.0 Å². The first kappa shape index (κ1) is 20.9. The van der Waals surface area contributed by atoms with E-state index in [1.54, 1.807) is 66.7 Å². The van der Waals surface area contributed by atoms with E-state index < -0.39 is 28.1 Å². The van der Waals surface area contributed by atoms with Crippen LogP contribution in [0.3, 0.4) is 0 Å². The van der Waals surface area contributed by atoms with Crippen molar-refractivity contribution in [3.8, 4) is 16.9 Å². The maximum absolute atomic E-state index is 15.2. The lowest BCUT2D eigenvalue weighted by Crippen LogP contribution is -2.19. The number of primary sulfonamides is 1. The molecule has 1 aromatic heterocycles. The average Bonchev–Trinajstić information content (AvgIpc) is 3.21. The Morgan fingerprint density at radius 3 is 2.10 bits per heavy atom. The zero-order chi connectivity index (χ0) is 22.1. The number of para-hydroxylation sites is 1. The van der Waals surface area contributed by atoms with Gasteiger partial charge in [-0.05, 0) is 23.8 Å². The molecule has 31 heavy (non-hydrogen) atoms. The number of aromatic nitrogens is 2. The Morgan fingerprint density at radius 1 is 0.871 bits per heavy atom. The number of sulfonamides is 1. The summed E-state index contributed by atoms with van der Waals surface area (Å²) in [5, 5.41) is 9.51. The zero-order valence-electron chi connectivity index (χ0n) is 16.3. The molecular weight excluding hydrogens is 420 g/mol. The van der Waals surface area contributed by atoms with Gasteiger partial charge in [-0.15, -0.1) is 0 Å². The number of alkyl halides is 2. The molecule has 0 atom stereocenters. The highest BCUT2D eigenvalue weighted by Gasteiger charge is 2.36. The summed E-state index contributed by atoms with van der Waals surface area (Å²) in [5.74, 6) is -3.27. The second-order valence-corrected chi connectivity index (χ2v) is 8.60. The summed E-state index contributed by atoms with van der Waals surface area (Å²) in [4.78, 5) is -0.201. The van der Waals surface area contributed by atoms with Crippen LogP contribution in [0.4, 0.5) is 8.78 Å². The molecule has 0 fully saturated rings. The predicted octanol–water partition coefficient (Wildman–Crippen LogP) is 4.52. The van der Waals surface area contributed by atoms with E-state index in [1.807, 2.05) is 0 Å². The second kappa shape index (κ2) is 8.05. The van der Waals surface area contributed by atoms with Crippen LogP contribution in [0.1, 0.15) is 11.3 Å². The largest absolute Gasteiger partial charge is 0.295 e. The molecule has 4 aromatic rings. The SMILES string of the molecule is NS(=O)(=O)c1ccccc1-n1nc(C(F)(F)Cc2ccccc2)cc1-c1ccccc1. The van der Waals surface area contributed by atoms with Crippen LogP contribution in [0.2, 0.25) is 0 Å². The summed E-state index contributed by atoms with van der Waals surface area (Å²) in [6.07, 6.45) is -0.532. The molecule has 0 saturated heterocycles. The highest BCUT2D eigenvalue weighted by Crippen LogP contribution is 2.35. The molecule has 2 N–H and O–H groups in total. The molecule has 158 valence electrons. The number of hydrogen-bond donors (Lipinski definition) is 1. The summed E-state index contributed by atoms with van der Waals surface area (Å²) in [6, 6.07) is 24.4. The van der Waals surface area contributed by atoms with Gasteiger partial charge in [-0.1, -0.05) is 72.8 Å². The van der Waals surface area contributed by atoms with Crippen LogP contribution in [-0.2, 0) is 22.4 Å².